The molecule has 0 aliphatic carbocycles. The number of hydrogen-bond acceptors (Lipinski definition) is 3. The van der Waals surface area contributed by atoms with Crippen molar-refractivity contribution in [1.82, 2.24) is 9.55 Å². The highest BCUT2D eigenvalue weighted by Gasteiger charge is 2.21. The fraction of sp³-hybridized carbons (Fsp3) is 0.286. The van der Waals surface area contributed by atoms with Crippen molar-refractivity contribution in [2.75, 3.05) is 0 Å². The Morgan fingerprint density at radius 1 is 1.47 bits per heavy atom. The molecule has 3 N–H and O–H groups in total. The van der Waals surface area contributed by atoms with Crippen LogP contribution in [-0.2, 0) is 6.42 Å². The third-order valence-corrected chi connectivity index (χ3v) is 3.51. The summed E-state index contributed by atoms with van der Waals surface area (Å²) < 4.78 is 2.02. The SMILES string of the molecule is NC1CCCc2cnc(-c3cccc(C(=O)O)c3)n21. The van der Waals surface area contributed by atoms with Crippen molar-refractivity contribution in [3.8, 4) is 11.4 Å². The van der Waals surface area contributed by atoms with Crippen molar-refractivity contribution in [2.24, 2.45) is 5.73 Å². The van der Waals surface area contributed by atoms with Crippen LogP contribution in [0.3, 0.4) is 0 Å². The number of aromatic nitrogens is 2. The molecule has 0 radical (unpaired) electrons. The van der Waals surface area contributed by atoms with E-state index in [9.17, 15) is 4.79 Å². The molecule has 98 valence electrons. The maximum Gasteiger partial charge on any atom is 0.335 e. The summed E-state index contributed by atoms with van der Waals surface area (Å²) in [5.41, 5.74) is 8.31. The summed E-state index contributed by atoms with van der Waals surface area (Å²) in [5, 5.41) is 9.05. The van der Waals surface area contributed by atoms with Gasteiger partial charge in [0.2, 0.25) is 0 Å². The van der Waals surface area contributed by atoms with Crippen LogP contribution in [-0.4, -0.2) is 20.6 Å². The first kappa shape index (κ1) is 11.9. The molecule has 0 amide bonds. The van der Waals surface area contributed by atoms with Gasteiger partial charge in [-0.1, -0.05) is 12.1 Å². The van der Waals surface area contributed by atoms with Crippen LogP contribution in [0.4, 0.5) is 0 Å². The number of fused-ring (bicyclic) bond motifs is 1. The smallest absolute Gasteiger partial charge is 0.335 e. The molecule has 19 heavy (non-hydrogen) atoms. The van der Waals surface area contributed by atoms with Crippen molar-refractivity contribution < 1.29 is 9.90 Å². The summed E-state index contributed by atoms with van der Waals surface area (Å²) in [7, 11) is 0. The second kappa shape index (κ2) is 4.51. The Hall–Kier alpha value is -2.14. The fourth-order valence-electron chi connectivity index (χ4n) is 2.58. The van der Waals surface area contributed by atoms with Crippen LogP contribution in [0.15, 0.2) is 30.5 Å². The molecule has 0 spiro atoms. The van der Waals surface area contributed by atoms with E-state index in [1.165, 1.54) is 0 Å². The average Bonchev–Trinajstić information content (AvgIpc) is 2.84. The first-order valence-corrected chi connectivity index (χ1v) is 6.32. The zero-order valence-corrected chi connectivity index (χ0v) is 10.4. The topological polar surface area (TPSA) is 81.1 Å². The summed E-state index contributed by atoms with van der Waals surface area (Å²) in [5.74, 6) is -0.179. The Morgan fingerprint density at radius 3 is 3.11 bits per heavy atom. The quantitative estimate of drug-likeness (QED) is 0.862. The van der Waals surface area contributed by atoms with E-state index in [1.807, 2.05) is 16.8 Å². The van der Waals surface area contributed by atoms with E-state index in [0.717, 1.165) is 36.3 Å². The van der Waals surface area contributed by atoms with Crippen molar-refractivity contribution in [2.45, 2.75) is 25.4 Å². The molecule has 0 saturated carbocycles. The molecular formula is C14H15N3O2. The van der Waals surface area contributed by atoms with Gasteiger partial charge >= 0.3 is 5.97 Å². The molecule has 3 rings (SSSR count). The van der Waals surface area contributed by atoms with Crippen molar-refractivity contribution in [3.63, 3.8) is 0 Å². The van der Waals surface area contributed by atoms with E-state index in [2.05, 4.69) is 4.98 Å². The molecule has 0 bridgehead atoms. The van der Waals surface area contributed by atoms with Crippen LogP contribution >= 0.6 is 0 Å². The summed E-state index contributed by atoms with van der Waals surface area (Å²) in [4.78, 5) is 15.4. The minimum atomic E-state index is -0.934. The number of aryl methyl sites for hydroxylation is 1. The van der Waals surface area contributed by atoms with E-state index in [-0.39, 0.29) is 11.7 Å². The maximum absolute atomic E-state index is 11.0. The molecule has 1 aliphatic heterocycles. The van der Waals surface area contributed by atoms with Gasteiger partial charge in [-0.3, -0.25) is 0 Å². The number of carbonyl (C=O) groups is 1. The van der Waals surface area contributed by atoms with Gasteiger partial charge in [-0.05, 0) is 31.4 Å². The zero-order valence-electron chi connectivity index (χ0n) is 10.4. The molecule has 5 nitrogen and oxygen atoms in total. The number of benzene rings is 1. The third-order valence-electron chi connectivity index (χ3n) is 3.51. The lowest BCUT2D eigenvalue weighted by atomic mass is 10.1. The lowest BCUT2D eigenvalue weighted by molar-refractivity contribution is 0.0697. The summed E-state index contributed by atoms with van der Waals surface area (Å²) >= 11 is 0. The summed E-state index contributed by atoms with van der Waals surface area (Å²) in [6.45, 7) is 0. The Labute approximate surface area is 110 Å². The normalized spacial score (nSPS) is 18.1. The molecule has 1 aromatic carbocycles. The Kier molecular flexibility index (Phi) is 2.83. The second-order valence-corrected chi connectivity index (χ2v) is 4.79. The van der Waals surface area contributed by atoms with Crippen LogP contribution < -0.4 is 5.73 Å². The molecule has 5 heteroatoms. The Morgan fingerprint density at radius 2 is 2.32 bits per heavy atom. The molecule has 1 atom stereocenters. The van der Waals surface area contributed by atoms with E-state index in [1.54, 1.807) is 18.2 Å². The number of nitrogens with two attached hydrogens (primary N) is 1. The average molecular weight is 257 g/mol. The first-order valence-electron chi connectivity index (χ1n) is 6.32. The van der Waals surface area contributed by atoms with Gasteiger partial charge in [-0.25, -0.2) is 9.78 Å². The number of rotatable bonds is 2. The Balaban J connectivity index is 2.10. The van der Waals surface area contributed by atoms with E-state index >= 15 is 0 Å². The van der Waals surface area contributed by atoms with Crippen LogP contribution in [0.1, 0.15) is 35.1 Å². The minimum Gasteiger partial charge on any atom is -0.478 e. The lowest BCUT2D eigenvalue weighted by Gasteiger charge is -2.23. The number of imidazole rings is 1. The highest BCUT2D eigenvalue weighted by molar-refractivity contribution is 5.89. The number of carboxylic acids is 1. The second-order valence-electron chi connectivity index (χ2n) is 4.79. The first-order chi connectivity index (χ1) is 9.16. The summed E-state index contributed by atoms with van der Waals surface area (Å²) in [6.07, 6.45) is 4.73. The van der Waals surface area contributed by atoms with E-state index in [4.69, 9.17) is 10.8 Å². The van der Waals surface area contributed by atoms with Gasteiger partial charge < -0.3 is 15.4 Å². The number of nitrogens with zero attached hydrogens (tertiary/aromatic N) is 2. The highest BCUT2D eigenvalue weighted by atomic mass is 16.4. The van der Waals surface area contributed by atoms with Gasteiger partial charge in [0.1, 0.15) is 5.82 Å². The molecule has 0 saturated heterocycles. The lowest BCUT2D eigenvalue weighted by Crippen LogP contribution is -2.25. The van der Waals surface area contributed by atoms with Crippen LogP contribution in [0.25, 0.3) is 11.4 Å². The van der Waals surface area contributed by atoms with Crippen LogP contribution in [0.5, 0.6) is 0 Å². The fourth-order valence-corrected chi connectivity index (χ4v) is 2.58. The van der Waals surface area contributed by atoms with E-state index in [0.29, 0.717) is 0 Å². The van der Waals surface area contributed by atoms with Gasteiger partial charge in [-0.2, -0.15) is 0 Å². The van der Waals surface area contributed by atoms with Gasteiger partial charge in [0.05, 0.1) is 11.7 Å². The monoisotopic (exact) mass is 257 g/mol. The molecular weight excluding hydrogens is 242 g/mol. The van der Waals surface area contributed by atoms with Gasteiger partial charge in [0, 0.05) is 17.5 Å². The summed E-state index contributed by atoms with van der Waals surface area (Å²) in [6, 6.07) is 6.81. The molecule has 1 aliphatic rings. The predicted octanol–water partition coefficient (Wildman–Crippen LogP) is 2.04. The van der Waals surface area contributed by atoms with Crippen molar-refractivity contribution in [1.29, 1.82) is 0 Å². The molecule has 1 unspecified atom stereocenters. The van der Waals surface area contributed by atoms with Crippen LogP contribution in [0, 0.1) is 0 Å². The number of hydrogen-bond donors (Lipinski definition) is 2. The van der Waals surface area contributed by atoms with Crippen LogP contribution in [0.2, 0.25) is 0 Å². The maximum atomic E-state index is 11.0. The predicted molar refractivity (Wildman–Crippen MR) is 70.8 cm³/mol. The number of carboxylic acid groups (broad SMARTS) is 1. The van der Waals surface area contributed by atoms with Gasteiger partial charge in [0.25, 0.3) is 0 Å². The largest absolute Gasteiger partial charge is 0.478 e. The van der Waals surface area contributed by atoms with Crippen molar-refractivity contribution >= 4 is 5.97 Å². The zero-order chi connectivity index (χ0) is 13.4. The number of aromatic carboxylic acids is 1. The standard InChI is InChI=1S/C14H15N3O2/c15-12-6-2-5-11-8-16-13(17(11)12)9-3-1-4-10(7-9)14(18)19/h1,3-4,7-8,12H,2,5-6,15H2,(H,18,19). The third kappa shape index (κ3) is 2.02. The van der Waals surface area contributed by atoms with Crippen molar-refractivity contribution in [3.05, 3.63) is 41.7 Å². The Bertz CT molecular complexity index is 633. The van der Waals surface area contributed by atoms with E-state index < -0.39 is 5.97 Å². The van der Waals surface area contributed by atoms with Gasteiger partial charge in [-0.15, -0.1) is 0 Å². The highest BCUT2D eigenvalue weighted by Crippen LogP contribution is 2.29. The minimum absolute atomic E-state index is 0.0743. The molecule has 1 aromatic heterocycles. The molecule has 0 fully saturated rings. The molecule has 2 heterocycles. The van der Waals surface area contributed by atoms with Gasteiger partial charge in [0.15, 0.2) is 0 Å². The molecule has 2 aromatic rings.